The monoisotopic (exact) mass is 344 g/mol. The van der Waals surface area contributed by atoms with Crippen LogP contribution in [0.4, 0.5) is 0 Å². The zero-order valence-electron chi connectivity index (χ0n) is 12.9. The van der Waals surface area contributed by atoms with E-state index in [4.69, 9.17) is 23.8 Å². The molecular weight excluding hydrogens is 332 g/mol. The molecule has 2 N–H and O–H groups in total. The van der Waals surface area contributed by atoms with E-state index in [-0.39, 0.29) is 39.6 Å². The second kappa shape index (κ2) is 6.16. The van der Waals surface area contributed by atoms with E-state index in [9.17, 15) is 14.4 Å². The van der Waals surface area contributed by atoms with E-state index in [1.165, 1.54) is 30.3 Å². The molecule has 0 atom stereocenters. The van der Waals surface area contributed by atoms with Crippen LogP contribution in [0.15, 0.2) is 44.0 Å². The Bertz CT molecular complexity index is 1040. The summed E-state index contributed by atoms with van der Waals surface area (Å²) in [5.41, 5.74) is -0.0480. The average molecular weight is 344 g/mol. The lowest BCUT2D eigenvalue weighted by atomic mass is 10.1. The van der Waals surface area contributed by atoms with Crippen LogP contribution in [0.1, 0.15) is 16.3 Å². The number of hydrogen-bond acceptors (Lipinski definition) is 6. The first-order valence-corrected chi connectivity index (χ1v) is 7.12. The van der Waals surface area contributed by atoms with Crippen LogP contribution in [-0.2, 0) is 4.79 Å². The smallest absolute Gasteiger partial charge is 0.371 e. The fourth-order valence-electron chi connectivity index (χ4n) is 2.39. The molecule has 0 aliphatic rings. The predicted molar refractivity (Wildman–Crippen MR) is 85.0 cm³/mol. The number of aromatic carboxylic acids is 1. The van der Waals surface area contributed by atoms with Crippen LogP contribution in [0.5, 0.6) is 5.75 Å². The summed E-state index contributed by atoms with van der Waals surface area (Å²) in [6.45, 7) is 1.03. The number of aliphatic carboxylic acids is 1. The summed E-state index contributed by atoms with van der Waals surface area (Å²) in [7, 11) is 0. The summed E-state index contributed by atoms with van der Waals surface area (Å²) in [5, 5.41) is 17.8. The molecule has 0 spiro atoms. The number of ether oxygens (including phenoxy) is 1. The third kappa shape index (κ3) is 3.09. The van der Waals surface area contributed by atoms with Crippen molar-refractivity contribution >= 4 is 22.9 Å². The number of carbonyl (C=O) groups is 2. The van der Waals surface area contributed by atoms with Crippen molar-refractivity contribution < 1.29 is 33.4 Å². The van der Waals surface area contributed by atoms with Crippen LogP contribution in [0.2, 0.25) is 0 Å². The van der Waals surface area contributed by atoms with E-state index in [0.717, 1.165) is 0 Å². The third-order valence-electron chi connectivity index (χ3n) is 3.47. The highest BCUT2D eigenvalue weighted by Gasteiger charge is 2.19. The number of furan rings is 1. The molecule has 3 aromatic rings. The first-order valence-electron chi connectivity index (χ1n) is 7.12. The van der Waals surface area contributed by atoms with Crippen molar-refractivity contribution in [2.75, 3.05) is 6.61 Å². The number of fused-ring (bicyclic) bond motifs is 1. The zero-order valence-corrected chi connectivity index (χ0v) is 12.9. The Balaban J connectivity index is 2.09. The van der Waals surface area contributed by atoms with E-state index in [0.29, 0.717) is 0 Å². The molecule has 25 heavy (non-hydrogen) atoms. The van der Waals surface area contributed by atoms with E-state index in [1.54, 1.807) is 6.92 Å². The number of rotatable bonds is 5. The van der Waals surface area contributed by atoms with E-state index >= 15 is 0 Å². The first-order chi connectivity index (χ1) is 11.9. The fourth-order valence-corrected chi connectivity index (χ4v) is 2.39. The van der Waals surface area contributed by atoms with Gasteiger partial charge in [0.15, 0.2) is 6.61 Å². The van der Waals surface area contributed by atoms with E-state index in [1.807, 2.05) is 0 Å². The van der Waals surface area contributed by atoms with Gasteiger partial charge in [0, 0.05) is 6.07 Å². The Morgan fingerprint density at radius 2 is 1.88 bits per heavy atom. The summed E-state index contributed by atoms with van der Waals surface area (Å²) < 4.78 is 15.8. The quantitative estimate of drug-likeness (QED) is 0.723. The molecule has 8 nitrogen and oxygen atoms in total. The summed E-state index contributed by atoms with van der Waals surface area (Å²) in [5.74, 6) is -2.08. The van der Waals surface area contributed by atoms with Gasteiger partial charge in [0.25, 0.3) is 0 Å². The summed E-state index contributed by atoms with van der Waals surface area (Å²) in [4.78, 5) is 34.2. The Morgan fingerprint density at radius 3 is 2.52 bits per heavy atom. The molecule has 2 aromatic heterocycles. The molecule has 0 fully saturated rings. The minimum Gasteiger partial charge on any atom is -0.482 e. The normalized spacial score (nSPS) is 10.8. The largest absolute Gasteiger partial charge is 0.482 e. The Morgan fingerprint density at radius 1 is 1.12 bits per heavy atom. The van der Waals surface area contributed by atoms with Gasteiger partial charge in [-0.1, -0.05) is 0 Å². The van der Waals surface area contributed by atoms with Gasteiger partial charge in [-0.05, 0) is 31.2 Å². The topological polar surface area (TPSA) is 127 Å². The highest BCUT2D eigenvalue weighted by atomic mass is 16.5. The fraction of sp³-hybridized carbons (Fsp3) is 0.118. The second-order valence-corrected chi connectivity index (χ2v) is 5.17. The molecule has 1 aromatic carbocycles. The number of carboxylic acid groups (broad SMARTS) is 2. The van der Waals surface area contributed by atoms with Gasteiger partial charge >= 0.3 is 11.9 Å². The maximum absolute atomic E-state index is 12.7. The summed E-state index contributed by atoms with van der Waals surface area (Å²) >= 11 is 0. The molecule has 0 radical (unpaired) electrons. The van der Waals surface area contributed by atoms with Crippen LogP contribution >= 0.6 is 0 Å². The SMILES string of the molecule is Cc1oc2cc(OCC(=O)O)ccc2c(=O)c1-c1ccc(C(=O)O)o1. The Hall–Kier alpha value is -3.55. The van der Waals surface area contributed by atoms with Crippen molar-refractivity contribution in [1.82, 2.24) is 0 Å². The highest BCUT2D eigenvalue weighted by Crippen LogP contribution is 2.27. The number of hydrogen-bond donors (Lipinski definition) is 2. The van der Waals surface area contributed by atoms with Gasteiger partial charge in [0.05, 0.1) is 5.39 Å². The molecule has 128 valence electrons. The lowest BCUT2D eigenvalue weighted by Gasteiger charge is -2.07. The van der Waals surface area contributed by atoms with Gasteiger partial charge in [-0.25, -0.2) is 9.59 Å². The van der Waals surface area contributed by atoms with Crippen LogP contribution in [0, 0.1) is 6.92 Å². The summed E-state index contributed by atoms with van der Waals surface area (Å²) in [6.07, 6.45) is 0. The zero-order chi connectivity index (χ0) is 18.1. The van der Waals surface area contributed by atoms with Crippen molar-refractivity contribution in [1.29, 1.82) is 0 Å². The Kier molecular flexibility index (Phi) is 4.02. The van der Waals surface area contributed by atoms with Crippen molar-refractivity contribution in [2.24, 2.45) is 0 Å². The molecule has 0 amide bonds. The lowest BCUT2D eigenvalue weighted by molar-refractivity contribution is -0.139. The van der Waals surface area contributed by atoms with Gasteiger partial charge in [-0.2, -0.15) is 0 Å². The molecule has 3 rings (SSSR count). The second-order valence-electron chi connectivity index (χ2n) is 5.17. The number of benzene rings is 1. The number of carboxylic acids is 2. The number of aryl methyl sites for hydroxylation is 1. The lowest BCUT2D eigenvalue weighted by Crippen LogP contribution is -2.10. The molecule has 0 aliphatic heterocycles. The third-order valence-corrected chi connectivity index (χ3v) is 3.47. The van der Waals surface area contributed by atoms with Gasteiger partial charge in [-0.15, -0.1) is 0 Å². The van der Waals surface area contributed by atoms with Crippen molar-refractivity contribution in [3.8, 4) is 17.1 Å². The average Bonchev–Trinajstić information content (AvgIpc) is 3.02. The maximum atomic E-state index is 12.7. The van der Waals surface area contributed by atoms with Gasteiger partial charge in [0.2, 0.25) is 11.2 Å². The van der Waals surface area contributed by atoms with E-state index < -0.39 is 24.0 Å². The van der Waals surface area contributed by atoms with Crippen molar-refractivity contribution in [3.05, 3.63) is 52.1 Å². The van der Waals surface area contributed by atoms with Crippen LogP contribution in [0.25, 0.3) is 22.3 Å². The molecular formula is C17H12O8. The first kappa shape index (κ1) is 16.3. The van der Waals surface area contributed by atoms with E-state index in [2.05, 4.69) is 0 Å². The highest BCUT2D eigenvalue weighted by molar-refractivity contribution is 5.86. The standard InChI is InChI=1S/C17H12O8/c1-8-15(11-4-5-12(25-11)17(21)22)16(20)10-3-2-9(6-13(10)24-8)23-7-14(18)19/h2-6H,7H2,1H3,(H,18,19)(H,21,22). The van der Waals surface area contributed by atoms with Gasteiger partial charge in [-0.3, -0.25) is 4.79 Å². The summed E-state index contributed by atoms with van der Waals surface area (Å²) in [6, 6.07) is 6.96. The van der Waals surface area contributed by atoms with Crippen LogP contribution in [-0.4, -0.2) is 28.8 Å². The molecule has 2 heterocycles. The van der Waals surface area contributed by atoms with Crippen LogP contribution < -0.4 is 10.2 Å². The van der Waals surface area contributed by atoms with Gasteiger partial charge in [0.1, 0.15) is 28.4 Å². The molecule has 8 heteroatoms. The molecule has 0 saturated carbocycles. The predicted octanol–water partition coefficient (Wildman–Crippen LogP) is 2.52. The maximum Gasteiger partial charge on any atom is 0.371 e. The molecule has 0 saturated heterocycles. The minimum absolute atomic E-state index is 0.0942. The molecule has 0 unspecified atom stereocenters. The molecule has 0 aliphatic carbocycles. The van der Waals surface area contributed by atoms with Gasteiger partial charge < -0.3 is 23.8 Å². The Labute approximate surface area is 139 Å². The van der Waals surface area contributed by atoms with Crippen molar-refractivity contribution in [3.63, 3.8) is 0 Å². The van der Waals surface area contributed by atoms with Crippen molar-refractivity contribution in [2.45, 2.75) is 6.92 Å². The minimum atomic E-state index is -1.24. The molecule has 0 bridgehead atoms. The van der Waals surface area contributed by atoms with Crippen LogP contribution in [0.3, 0.4) is 0 Å².